The van der Waals surface area contributed by atoms with Gasteiger partial charge in [-0.1, -0.05) is 24.3 Å². The number of hydrogen-bond donors (Lipinski definition) is 0. The molecule has 72 valence electrons. The van der Waals surface area contributed by atoms with Gasteiger partial charge in [0.1, 0.15) is 0 Å². The van der Waals surface area contributed by atoms with Crippen LogP contribution in [0.1, 0.15) is 13.8 Å². The molecule has 0 bridgehead atoms. The van der Waals surface area contributed by atoms with Crippen LogP contribution in [0.15, 0.2) is 36.0 Å². The summed E-state index contributed by atoms with van der Waals surface area (Å²) >= 11 is 0. The third-order valence-corrected chi connectivity index (χ3v) is 1.40. The van der Waals surface area contributed by atoms with Crippen molar-refractivity contribution in [1.29, 1.82) is 0 Å². The fraction of sp³-hybridized carbons (Fsp3) is 0.364. The Morgan fingerprint density at radius 2 is 1.92 bits per heavy atom. The van der Waals surface area contributed by atoms with Gasteiger partial charge in [-0.3, -0.25) is 4.79 Å². The van der Waals surface area contributed by atoms with E-state index < -0.39 is 0 Å². The molecule has 0 aromatic heterocycles. The highest BCUT2D eigenvalue weighted by molar-refractivity contribution is 5.96. The lowest BCUT2D eigenvalue weighted by Gasteiger charge is -2.10. The predicted molar refractivity (Wildman–Crippen MR) is 56.4 cm³/mol. The Morgan fingerprint density at radius 3 is 2.23 bits per heavy atom. The lowest BCUT2D eigenvalue weighted by Crippen LogP contribution is -2.22. The van der Waals surface area contributed by atoms with Gasteiger partial charge >= 0.3 is 0 Å². The summed E-state index contributed by atoms with van der Waals surface area (Å²) in [5.41, 5.74) is 1.54. The van der Waals surface area contributed by atoms with E-state index in [9.17, 15) is 4.79 Å². The summed E-state index contributed by atoms with van der Waals surface area (Å²) in [4.78, 5) is 13.1. The van der Waals surface area contributed by atoms with E-state index in [1.165, 1.54) is 0 Å². The largest absolute Gasteiger partial charge is 0.345 e. The number of rotatable bonds is 3. The third kappa shape index (κ3) is 4.31. The van der Waals surface area contributed by atoms with E-state index in [-0.39, 0.29) is 5.91 Å². The maximum absolute atomic E-state index is 11.5. The molecule has 2 heteroatoms. The van der Waals surface area contributed by atoms with Crippen molar-refractivity contribution in [2.45, 2.75) is 13.8 Å². The molecule has 1 amide bonds. The van der Waals surface area contributed by atoms with Crippen LogP contribution in [0, 0.1) is 0 Å². The van der Waals surface area contributed by atoms with Crippen molar-refractivity contribution in [2.75, 3.05) is 14.1 Å². The van der Waals surface area contributed by atoms with Crippen LogP contribution in [0.25, 0.3) is 0 Å². The van der Waals surface area contributed by atoms with Crippen molar-refractivity contribution >= 4 is 5.91 Å². The zero-order valence-corrected chi connectivity index (χ0v) is 8.79. The van der Waals surface area contributed by atoms with Crippen molar-refractivity contribution in [2.24, 2.45) is 0 Å². The Kier molecular flexibility index (Phi) is 4.82. The number of carbonyl (C=O) groups is 1. The molecule has 0 N–H and O–H groups in total. The average molecular weight is 179 g/mol. The minimum absolute atomic E-state index is 0.00102. The topological polar surface area (TPSA) is 20.3 Å². The molecule has 0 saturated heterocycles. The molecule has 0 aromatic carbocycles. The molecule has 0 atom stereocenters. The fourth-order valence-corrected chi connectivity index (χ4v) is 0.884. The van der Waals surface area contributed by atoms with Gasteiger partial charge in [0.15, 0.2) is 0 Å². The lowest BCUT2D eigenvalue weighted by atomic mass is 10.1. The molecule has 0 spiro atoms. The van der Waals surface area contributed by atoms with Crippen molar-refractivity contribution < 1.29 is 4.79 Å². The smallest absolute Gasteiger partial charge is 0.253 e. The lowest BCUT2D eigenvalue weighted by molar-refractivity contribution is -0.124. The van der Waals surface area contributed by atoms with Gasteiger partial charge in [-0.2, -0.15) is 0 Å². The molecule has 0 heterocycles. The van der Waals surface area contributed by atoms with Crippen molar-refractivity contribution in [1.82, 2.24) is 4.90 Å². The molecule has 0 rings (SSSR count). The highest BCUT2D eigenvalue weighted by Gasteiger charge is 2.07. The molecule has 0 saturated carbocycles. The SMILES string of the molecule is C=C(C)/C=C(\C=C\C)C(=O)N(C)C. The Hall–Kier alpha value is -1.31. The summed E-state index contributed by atoms with van der Waals surface area (Å²) in [5.74, 6) is 0.00102. The zero-order chi connectivity index (χ0) is 10.4. The average Bonchev–Trinajstić information content (AvgIpc) is 2.01. The summed E-state index contributed by atoms with van der Waals surface area (Å²) in [6.07, 6.45) is 5.41. The Labute approximate surface area is 80.2 Å². The third-order valence-electron chi connectivity index (χ3n) is 1.40. The number of likely N-dealkylation sites (N-methyl/N-ethyl adjacent to an activating group) is 1. The van der Waals surface area contributed by atoms with Gasteiger partial charge in [0.25, 0.3) is 5.91 Å². The maximum Gasteiger partial charge on any atom is 0.253 e. The van der Waals surface area contributed by atoms with E-state index in [1.807, 2.05) is 19.9 Å². The monoisotopic (exact) mass is 179 g/mol. The predicted octanol–water partition coefficient (Wildman–Crippen LogP) is 2.15. The van der Waals surface area contributed by atoms with E-state index in [1.54, 1.807) is 31.1 Å². The Balaban J connectivity index is 4.82. The second-order valence-electron chi connectivity index (χ2n) is 3.15. The van der Waals surface area contributed by atoms with Crippen LogP contribution in [0.5, 0.6) is 0 Å². The summed E-state index contributed by atoms with van der Waals surface area (Å²) < 4.78 is 0. The molecule has 0 unspecified atom stereocenters. The zero-order valence-electron chi connectivity index (χ0n) is 8.79. The van der Waals surface area contributed by atoms with Gasteiger partial charge in [-0.25, -0.2) is 0 Å². The van der Waals surface area contributed by atoms with E-state index in [0.29, 0.717) is 5.57 Å². The van der Waals surface area contributed by atoms with Gasteiger partial charge in [0, 0.05) is 19.7 Å². The molecule has 2 nitrogen and oxygen atoms in total. The Morgan fingerprint density at radius 1 is 1.38 bits per heavy atom. The number of hydrogen-bond acceptors (Lipinski definition) is 1. The first-order valence-electron chi connectivity index (χ1n) is 4.20. The van der Waals surface area contributed by atoms with Crippen LogP contribution in [0.2, 0.25) is 0 Å². The second kappa shape index (κ2) is 5.36. The molecule has 0 aliphatic rings. The van der Waals surface area contributed by atoms with Gasteiger partial charge in [-0.15, -0.1) is 0 Å². The maximum atomic E-state index is 11.5. The minimum atomic E-state index is 0.00102. The first-order chi connectivity index (χ1) is 5.99. The first-order valence-corrected chi connectivity index (χ1v) is 4.20. The summed E-state index contributed by atoms with van der Waals surface area (Å²) in [5, 5.41) is 0. The molecule has 0 aliphatic carbocycles. The van der Waals surface area contributed by atoms with E-state index in [4.69, 9.17) is 0 Å². The molecule has 0 radical (unpaired) electrons. The van der Waals surface area contributed by atoms with Crippen LogP contribution >= 0.6 is 0 Å². The summed E-state index contributed by atoms with van der Waals surface area (Å²) in [6.45, 7) is 7.49. The van der Waals surface area contributed by atoms with Gasteiger partial charge < -0.3 is 4.90 Å². The standard InChI is InChI=1S/C11H17NO/c1-6-7-10(8-9(2)3)11(13)12(4)5/h6-8H,2H2,1,3-5H3/b7-6+,10-8+. The number of nitrogens with zero attached hydrogens (tertiary/aromatic N) is 1. The van der Waals surface area contributed by atoms with Crippen LogP contribution in [-0.4, -0.2) is 24.9 Å². The van der Waals surface area contributed by atoms with Crippen LogP contribution < -0.4 is 0 Å². The highest BCUT2D eigenvalue weighted by Crippen LogP contribution is 2.05. The fourth-order valence-electron chi connectivity index (χ4n) is 0.884. The summed E-state index contributed by atoms with van der Waals surface area (Å²) in [6, 6.07) is 0. The first kappa shape index (κ1) is 11.7. The number of carbonyl (C=O) groups excluding carboxylic acids is 1. The summed E-state index contributed by atoms with van der Waals surface area (Å²) in [7, 11) is 3.47. The van der Waals surface area contributed by atoms with Crippen molar-refractivity contribution in [3.63, 3.8) is 0 Å². The van der Waals surface area contributed by atoms with E-state index in [0.717, 1.165) is 5.57 Å². The van der Waals surface area contributed by atoms with Crippen LogP contribution in [-0.2, 0) is 4.79 Å². The van der Waals surface area contributed by atoms with Gasteiger partial charge in [0.2, 0.25) is 0 Å². The van der Waals surface area contributed by atoms with Crippen LogP contribution in [0.3, 0.4) is 0 Å². The Bertz CT molecular complexity index is 259. The highest BCUT2D eigenvalue weighted by atomic mass is 16.2. The van der Waals surface area contributed by atoms with Crippen LogP contribution in [0.4, 0.5) is 0 Å². The van der Waals surface area contributed by atoms with E-state index >= 15 is 0 Å². The van der Waals surface area contributed by atoms with Gasteiger partial charge in [-0.05, 0) is 19.9 Å². The number of allylic oxidation sites excluding steroid dienone is 3. The molecular weight excluding hydrogens is 162 g/mol. The van der Waals surface area contributed by atoms with Crippen molar-refractivity contribution in [3.8, 4) is 0 Å². The molecule has 13 heavy (non-hydrogen) atoms. The molecule has 0 fully saturated rings. The van der Waals surface area contributed by atoms with E-state index in [2.05, 4.69) is 6.58 Å². The second-order valence-corrected chi connectivity index (χ2v) is 3.15. The quantitative estimate of drug-likeness (QED) is 0.480. The molecule has 0 aromatic rings. The molecule has 0 aliphatic heterocycles. The number of amides is 1. The molecular formula is C11H17NO. The normalized spacial score (nSPS) is 11.8. The minimum Gasteiger partial charge on any atom is -0.345 e. The van der Waals surface area contributed by atoms with Gasteiger partial charge in [0.05, 0.1) is 0 Å². The van der Waals surface area contributed by atoms with Crippen molar-refractivity contribution in [3.05, 3.63) is 36.0 Å².